The first kappa shape index (κ1) is 10.5. The van der Waals surface area contributed by atoms with Gasteiger partial charge in [0.15, 0.2) is 0 Å². The van der Waals surface area contributed by atoms with E-state index in [0.29, 0.717) is 6.73 Å². The molecule has 1 heterocycles. The number of ether oxygens (including phenoxy) is 1. The van der Waals surface area contributed by atoms with Crippen molar-refractivity contribution in [1.82, 2.24) is 9.78 Å². The lowest BCUT2D eigenvalue weighted by atomic mass is 10.4. The van der Waals surface area contributed by atoms with E-state index < -0.39 is 0 Å². The fourth-order valence-electron chi connectivity index (χ4n) is 0.897. The fourth-order valence-corrected chi connectivity index (χ4v) is 1.30. The highest BCUT2D eigenvalue weighted by Gasteiger charge is 1.93. The van der Waals surface area contributed by atoms with Gasteiger partial charge in [-0.25, -0.2) is 4.68 Å². The van der Waals surface area contributed by atoms with Crippen LogP contribution in [0.5, 0.6) is 0 Å². The summed E-state index contributed by atoms with van der Waals surface area (Å²) in [6.45, 7) is 3.33. The second-order valence-corrected chi connectivity index (χ2v) is 5.05. The maximum Gasteiger partial charge on any atom is 0.139 e. The van der Waals surface area contributed by atoms with Crippen molar-refractivity contribution >= 4 is 16.4 Å². The van der Waals surface area contributed by atoms with Crippen molar-refractivity contribution in [2.24, 2.45) is 0 Å². The van der Waals surface area contributed by atoms with Crippen LogP contribution in [0, 0.1) is 6.92 Å². The van der Waals surface area contributed by atoms with E-state index in [-0.39, 0.29) is 10.5 Å². The molecule has 0 aromatic carbocycles. The van der Waals surface area contributed by atoms with Crippen LogP contribution in [0.4, 0.5) is 0 Å². The van der Waals surface area contributed by atoms with E-state index in [0.717, 1.165) is 17.9 Å². The Kier molecular flexibility index (Phi) is 4.18. The summed E-state index contributed by atoms with van der Waals surface area (Å²) < 4.78 is 7.21. The minimum Gasteiger partial charge on any atom is -0.358 e. The Labute approximate surface area is 81.6 Å². The zero-order valence-electron chi connectivity index (χ0n) is 8.19. The Morgan fingerprint density at radius 3 is 3.00 bits per heavy atom. The molecule has 0 fully saturated rings. The number of hydrogen-bond acceptors (Lipinski definition) is 2. The van der Waals surface area contributed by atoms with Gasteiger partial charge in [-0.15, -0.1) is 0 Å². The lowest BCUT2D eigenvalue weighted by Crippen LogP contribution is -2.05. The van der Waals surface area contributed by atoms with E-state index in [1.54, 1.807) is 4.68 Å². The van der Waals surface area contributed by atoms with Gasteiger partial charge < -0.3 is 4.74 Å². The number of hydrogen-bond donors (Lipinski definition) is 0. The number of nitrogens with zero attached hydrogens (tertiary/aromatic N) is 2. The normalized spacial score (nSPS) is 13.1. The van der Waals surface area contributed by atoms with E-state index in [4.69, 9.17) is 4.74 Å². The largest absolute Gasteiger partial charge is 0.358 e. The van der Waals surface area contributed by atoms with Crippen LogP contribution in [0.1, 0.15) is 5.56 Å². The summed E-state index contributed by atoms with van der Waals surface area (Å²) in [5.41, 5.74) is 1.16. The summed E-state index contributed by atoms with van der Waals surface area (Å²) in [6, 6.07) is 0. The predicted octanol–water partition coefficient (Wildman–Crippen LogP) is 1.50. The molecule has 0 aliphatic heterocycles. The molecule has 1 atom stereocenters. The highest BCUT2D eigenvalue weighted by molar-refractivity contribution is 8.13. The molecular formula is C9H16N2OS. The van der Waals surface area contributed by atoms with Crippen LogP contribution in [-0.2, 0) is 11.5 Å². The zero-order chi connectivity index (χ0) is 9.68. The standard InChI is InChI=1S/C9H16N2OS/c1-9-6-10-11(7-9)8-12-4-5-13(2)3/h6-7H,2,4-5,8H2,1,3H3. The Morgan fingerprint density at radius 1 is 1.69 bits per heavy atom. The molecule has 0 aliphatic carbocycles. The van der Waals surface area contributed by atoms with Crippen molar-refractivity contribution in [2.45, 2.75) is 13.7 Å². The van der Waals surface area contributed by atoms with Crippen molar-refractivity contribution in [2.75, 3.05) is 18.6 Å². The average Bonchev–Trinajstić information content (AvgIpc) is 2.45. The molecular weight excluding hydrogens is 184 g/mol. The third kappa shape index (κ3) is 4.24. The molecule has 0 saturated heterocycles. The second-order valence-electron chi connectivity index (χ2n) is 3.08. The van der Waals surface area contributed by atoms with Crippen LogP contribution in [-0.4, -0.2) is 34.3 Å². The van der Waals surface area contributed by atoms with Crippen LogP contribution in [0.2, 0.25) is 0 Å². The maximum absolute atomic E-state index is 5.41. The van der Waals surface area contributed by atoms with E-state index in [2.05, 4.69) is 17.2 Å². The van der Waals surface area contributed by atoms with Gasteiger partial charge in [0.1, 0.15) is 6.73 Å². The van der Waals surface area contributed by atoms with Gasteiger partial charge in [-0.1, -0.05) is 5.87 Å². The lowest BCUT2D eigenvalue weighted by molar-refractivity contribution is 0.0811. The third-order valence-electron chi connectivity index (χ3n) is 1.56. The molecule has 0 saturated carbocycles. The molecule has 1 aromatic rings. The van der Waals surface area contributed by atoms with E-state index in [9.17, 15) is 0 Å². The molecule has 0 spiro atoms. The first-order valence-electron chi connectivity index (χ1n) is 4.17. The molecule has 0 amide bonds. The van der Waals surface area contributed by atoms with E-state index in [1.165, 1.54) is 0 Å². The van der Waals surface area contributed by atoms with Crippen molar-refractivity contribution in [3.8, 4) is 0 Å². The molecule has 74 valence electrons. The predicted molar refractivity (Wildman–Crippen MR) is 58.4 cm³/mol. The summed E-state index contributed by atoms with van der Waals surface area (Å²) >= 11 is 0. The Morgan fingerprint density at radius 2 is 2.46 bits per heavy atom. The van der Waals surface area contributed by atoms with Crippen LogP contribution in [0.3, 0.4) is 0 Å². The van der Waals surface area contributed by atoms with Crippen molar-refractivity contribution in [3.63, 3.8) is 0 Å². The third-order valence-corrected chi connectivity index (χ3v) is 2.43. The highest BCUT2D eigenvalue weighted by atomic mass is 32.2. The number of rotatable bonds is 5. The van der Waals surface area contributed by atoms with Gasteiger partial charge in [0, 0.05) is 11.9 Å². The van der Waals surface area contributed by atoms with Gasteiger partial charge >= 0.3 is 0 Å². The average molecular weight is 200 g/mol. The Bertz CT molecular complexity index is 283. The summed E-state index contributed by atoms with van der Waals surface area (Å²) in [5.74, 6) is 4.94. The fraction of sp³-hybridized carbons (Fsp3) is 0.556. The van der Waals surface area contributed by atoms with Crippen molar-refractivity contribution in [1.29, 1.82) is 0 Å². The van der Waals surface area contributed by atoms with E-state index in [1.807, 2.05) is 19.3 Å². The van der Waals surface area contributed by atoms with E-state index >= 15 is 0 Å². The molecule has 1 aromatic heterocycles. The van der Waals surface area contributed by atoms with Gasteiger partial charge in [0.05, 0.1) is 12.8 Å². The Hall–Kier alpha value is -0.610. The smallest absolute Gasteiger partial charge is 0.139 e. The van der Waals surface area contributed by atoms with Crippen LogP contribution in [0.15, 0.2) is 12.4 Å². The molecule has 0 bridgehead atoms. The lowest BCUT2D eigenvalue weighted by Gasteiger charge is -2.03. The topological polar surface area (TPSA) is 27.1 Å². The van der Waals surface area contributed by atoms with Gasteiger partial charge in [-0.3, -0.25) is 0 Å². The quantitative estimate of drug-likeness (QED) is 0.532. The second kappa shape index (κ2) is 5.19. The molecule has 4 heteroatoms. The van der Waals surface area contributed by atoms with Gasteiger partial charge in [0.2, 0.25) is 0 Å². The zero-order valence-corrected chi connectivity index (χ0v) is 9.01. The molecule has 0 radical (unpaired) electrons. The molecule has 1 unspecified atom stereocenters. The maximum atomic E-state index is 5.41. The molecule has 13 heavy (non-hydrogen) atoms. The first-order valence-corrected chi connectivity index (χ1v) is 6.14. The van der Waals surface area contributed by atoms with Gasteiger partial charge in [-0.05, 0) is 18.7 Å². The number of aromatic nitrogens is 2. The minimum atomic E-state index is 0.227. The molecule has 0 aliphatic rings. The minimum absolute atomic E-state index is 0.227. The Balaban J connectivity index is 2.16. The first-order chi connectivity index (χ1) is 6.18. The molecule has 0 N–H and O–H groups in total. The van der Waals surface area contributed by atoms with Crippen LogP contribution >= 0.6 is 10.5 Å². The molecule has 3 nitrogen and oxygen atoms in total. The van der Waals surface area contributed by atoms with Gasteiger partial charge in [0.25, 0.3) is 0 Å². The summed E-state index contributed by atoms with van der Waals surface area (Å²) in [6.07, 6.45) is 5.91. The summed E-state index contributed by atoms with van der Waals surface area (Å²) in [7, 11) is 0.227. The van der Waals surface area contributed by atoms with Crippen molar-refractivity contribution < 1.29 is 4.74 Å². The SMILES string of the molecule is C=S(C)CCOCn1cc(C)cn1. The highest BCUT2D eigenvalue weighted by Crippen LogP contribution is 2.01. The number of aryl methyl sites for hydroxylation is 1. The monoisotopic (exact) mass is 200 g/mol. The molecule has 1 rings (SSSR count). The van der Waals surface area contributed by atoms with Crippen molar-refractivity contribution in [3.05, 3.63) is 18.0 Å². The van der Waals surface area contributed by atoms with Crippen LogP contribution < -0.4 is 0 Å². The van der Waals surface area contributed by atoms with Crippen LogP contribution in [0.25, 0.3) is 0 Å². The summed E-state index contributed by atoms with van der Waals surface area (Å²) in [4.78, 5) is 0. The summed E-state index contributed by atoms with van der Waals surface area (Å²) in [5, 5.41) is 4.11. The van der Waals surface area contributed by atoms with Gasteiger partial charge in [-0.2, -0.15) is 15.6 Å².